The second kappa shape index (κ2) is 5.11. The Morgan fingerprint density at radius 2 is 1.87 bits per heavy atom. The van der Waals surface area contributed by atoms with E-state index < -0.39 is 0 Å². The van der Waals surface area contributed by atoms with E-state index in [1.165, 1.54) is 12.0 Å². The van der Waals surface area contributed by atoms with Crippen LogP contribution < -0.4 is 0 Å². The monoisotopic (exact) mass is 204 g/mol. The van der Waals surface area contributed by atoms with Crippen molar-refractivity contribution in [1.82, 2.24) is 0 Å². The second-order valence-electron chi connectivity index (χ2n) is 5.23. The molecule has 82 valence electrons. The van der Waals surface area contributed by atoms with Crippen molar-refractivity contribution in [1.29, 1.82) is 0 Å². The van der Waals surface area contributed by atoms with Crippen LogP contribution in [0.1, 0.15) is 49.5 Å². The van der Waals surface area contributed by atoms with Crippen LogP contribution in [0.15, 0.2) is 24.3 Å². The Morgan fingerprint density at radius 1 is 1.20 bits per heavy atom. The van der Waals surface area contributed by atoms with Crippen molar-refractivity contribution in [3.63, 3.8) is 0 Å². The fourth-order valence-corrected chi connectivity index (χ4v) is 1.69. The highest BCUT2D eigenvalue weighted by Crippen LogP contribution is 2.22. The molecule has 1 heteroatoms. The summed E-state index contributed by atoms with van der Waals surface area (Å²) in [5.41, 5.74) is 2.40. The number of benzene rings is 1. The Labute approximate surface area is 92.5 Å². The van der Waals surface area contributed by atoms with Crippen LogP contribution in [-0.2, 0) is 6.42 Å². The third-order valence-electron chi connectivity index (χ3n) is 2.55. The predicted molar refractivity (Wildman–Crippen MR) is 64.2 cm³/mol. The van der Waals surface area contributed by atoms with Crippen LogP contribution in [0.4, 0.5) is 0 Å². The molecule has 0 aliphatic heterocycles. The van der Waals surface area contributed by atoms with Crippen molar-refractivity contribution in [3.8, 4) is 0 Å². The van der Waals surface area contributed by atoms with Crippen molar-refractivity contribution in [2.75, 3.05) is 0 Å². The first-order chi connectivity index (χ1) is 7.03. The zero-order valence-corrected chi connectivity index (χ0v) is 9.92. The molecule has 0 saturated heterocycles. The van der Waals surface area contributed by atoms with Crippen molar-refractivity contribution in [2.24, 2.45) is 5.41 Å². The van der Waals surface area contributed by atoms with Gasteiger partial charge in [0.15, 0.2) is 0 Å². The maximum atomic E-state index is 10.8. The van der Waals surface area contributed by atoms with Crippen LogP contribution >= 0.6 is 0 Å². The average molecular weight is 204 g/mol. The lowest BCUT2D eigenvalue weighted by atomic mass is 9.88. The molecule has 0 aliphatic rings. The van der Waals surface area contributed by atoms with Gasteiger partial charge in [-0.2, -0.15) is 0 Å². The van der Waals surface area contributed by atoms with Gasteiger partial charge in [-0.05, 0) is 30.2 Å². The molecular formula is C14H20O. The molecule has 1 aromatic carbocycles. The first kappa shape index (κ1) is 12.0. The number of aldehydes is 1. The first-order valence-corrected chi connectivity index (χ1v) is 5.56. The van der Waals surface area contributed by atoms with E-state index in [-0.39, 0.29) is 0 Å². The van der Waals surface area contributed by atoms with E-state index in [4.69, 9.17) is 0 Å². The molecule has 0 aromatic heterocycles. The first-order valence-electron chi connectivity index (χ1n) is 5.56. The quantitative estimate of drug-likeness (QED) is 0.680. The molecule has 1 nitrogen and oxygen atoms in total. The zero-order valence-electron chi connectivity index (χ0n) is 9.92. The van der Waals surface area contributed by atoms with E-state index in [0.717, 1.165) is 24.7 Å². The van der Waals surface area contributed by atoms with E-state index in [9.17, 15) is 4.79 Å². The summed E-state index contributed by atoms with van der Waals surface area (Å²) in [4.78, 5) is 10.8. The molecule has 15 heavy (non-hydrogen) atoms. The minimum atomic E-state index is 0.385. The molecule has 0 bridgehead atoms. The number of hydrogen-bond donors (Lipinski definition) is 0. The number of aryl methyl sites for hydroxylation is 1. The van der Waals surface area contributed by atoms with E-state index in [1.807, 2.05) is 24.3 Å². The van der Waals surface area contributed by atoms with Gasteiger partial charge in [-0.1, -0.05) is 45.0 Å². The molecule has 0 amide bonds. The standard InChI is InChI=1S/C14H20O/c1-14(2,3)10-6-9-12-7-4-5-8-13(12)11-15/h4-5,7-8,11H,6,9-10H2,1-3H3. The van der Waals surface area contributed by atoms with Crippen LogP contribution in [0, 0.1) is 5.41 Å². The molecule has 0 spiro atoms. The average Bonchev–Trinajstić information content (AvgIpc) is 2.16. The smallest absolute Gasteiger partial charge is 0.150 e. The van der Waals surface area contributed by atoms with Crippen molar-refractivity contribution in [2.45, 2.75) is 40.0 Å². The van der Waals surface area contributed by atoms with Gasteiger partial charge in [-0.15, -0.1) is 0 Å². The third-order valence-corrected chi connectivity index (χ3v) is 2.55. The molecule has 0 heterocycles. The number of carbonyl (C=O) groups excluding carboxylic acids is 1. The van der Waals surface area contributed by atoms with E-state index in [0.29, 0.717) is 5.41 Å². The van der Waals surface area contributed by atoms with Gasteiger partial charge >= 0.3 is 0 Å². The lowest BCUT2D eigenvalue weighted by Gasteiger charge is -2.17. The molecule has 0 fully saturated rings. The minimum Gasteiger partial charge on any atom is -0.298 e. The summed E-state index contributed by atoms with van der Waals surface area (Å²) >= 11 is 0. The fraction of sp³-hybridized carbons (Fsp3) is 0.500. The highest BCUT2D eigenvalue weighted by Gasteiger charge is 2.09. The molecule has 0 unspecified atom stereocenters. The van der Waals surface area contributed by atoms with E-state index >= 15 is 0 Å². The molecular weight excluding hydrogens is 184 g/mol. The SMILES string of the molecule is CC(C)(C)CCCc1ccccc1C=O. The largest absolute Gasteiger partial charge is 0.298 e. The summed E-state index contributed by atoms with van der Waals surface area (Å²) in [6, 6.07) is 7.85. The molecule has 1 aromatic rings. The van der Waals surface area contributed by atoms with Gasteiger partial charge in [0.2, 0.25) is 0 Å². The third kappa shape index (κ3) is 4.28. The Balaban J connectivity index is 2.54. The highest BCUT2D eigenvalue weighted by molar-refractivity contribution is 5.77. The number of rotatable bonds is 4. The topological polar surface area (TPSA) is 17.1 Å². The van der Waals surface area contributed by atoms with Crippen LogP contribution in [0.5, 0.6) is 0 Å². The lowest BCUT2D eigenvalue weighted by molar-refractivity contribution is 0.112. The maximum Gasteiger partial charge on any atom is 0.150 e. The molecule has 0 saturated carbocycles. The summed E-state index contributed by atoms with van der Waals surface area (Å²) in [6.45, 7) is 6.75. The van der Waals surface area contributed by atoms with Gasteiger partial charge < -0.3 is 0 Å². The second-order valence-corrected chi connectivity index (χ2v) is 5.23. The van der Waals surface area contributed by atoms with Crippen LogP contribution in [0.3, 0.4) is 0 Å². The summed E-state index contributed by atoms with van der Waals surface area (Å²) in [7, 11) is 0. The van der Waals surface area contributed by atoms with Gasteiger partial charge in [0.1, 0.15) is 6.29 Å². The maximum absolute atomic E-state index is 10.8. The van der Waals surface area contributed by atoms with Gasteiger partial charge in [-0.25, -0.2) is 0 Å². The van der Waals surface area contributed by atoms with Crippen molar-refractivity contribution in [3.05, 3.63) is 35.4 Å². The van der Waals surface area contributed by atoms with E-state index in [2.05, 4.69) is 20.8 Å². The fourth-order valence-electron chi connectivity index (χ4n) is 1.69. The van der Waals surface area contributed by atoms with Crippen molar-refractivity contribution >= 4 is 6.29 Å². The Hall–Kier alpha value is -1.11. The van der Waals surface area contributed by atoms with Crippen LogP contribution in [0.25, 0.3) is 0 Å². The molecule has 0 atom stereocenters. The van der Waals surface area contributed by atoms with Crippen LogP contribution in [0.2, 0.25) is 0 Å². The Morgan fingerprint density at radius 3 is 2.47 bits per heavy atom. The zero-order chi connectivity index (χ0) is 11.3. The van der Waals surface area contributed by atoms with Gasteiger partial charge in [0.25, 0.3) is 0 Å². The minimum absolute atomic E-state index is 0.385. The Kier molecular flexibility index (Phi) is 4.07. The van der Waals surface area contributed by atoms with E-state index in [1.54, 1.807) is 0 Å². The number of carbonyl (C=O) groups is 1. The lowest BCUT2D eigenvalue weighted by Crippen LogP contribution is -2.05. The van der Waals surface area contributed by atoms with Gasteiger partial charge in [-0.3, -0.25) is 4.79 Å². The molecule has 1 rings (SSSR count). The summed E-state index contributed by atoms with van der Waals surface area (Å²) in [6.07, 6.45) is 4.30. The summed E-state index contributed by atoms with van der Waals surface area (Å²) in [5.74, 6) is 0. The summed E-state index contributed by atoms with van der Waals surface area (Å²) in [5, 5.41) is 0. The predicted octanol–water partition coefficient (Wildman–Crippen LogP) is 3.87. The van der Waals surface area contributed by atoms with Gasteiger partial charge in [0.05, 0.1) is 0 Å². The number of hydrogen-bond acceptors (Lipinski definition) is 1. The molecule has 0 aliphatic carbocycles. The van der Waals surface area contributed by atoms with Crippen molar-refractivity contribution < 1.29 is 4.79 Å². The highest BCUT2D eigenvalue weighted by atomic mass is 16.1. The van der Waals surface area contributed by atoms with Gasteiger partial charge in [0, 0.05) is 5.56 Å². The molecule has 0 radical (unpaired) electrons. The van der Waals surface area contributed by atoms with Crippen LogP contribution in [-0.4, -0.2) is 6.29 Å². The summed E-state index contributed by atoms with van der Waals surface area (Å²) < 4.78 is 0. The Bertz CT molecular complexity index is 320. The normalized spacial score (nSPS) is 11.4. The molecule has 0 N–H and O–H groups in total.